The third-order valence-corrected chi connectivity index (χ3v) is 7.42. The molecule has 1 aromatic carbocycles. The number of piperidine rings is 2. The Balaban J connectivity index is 1.26. The van der Waals surface area contributed by atoms with Crippen LogP contribution < -0.4 is 15.0 Å². The standard InChI is InChI=1S/C23H34N4O2S/c1-17-6-3-11-26(15-17)12-5-10-24-22(28)18-7-4-13-27(16-18)23-25-20-9-8-19(29-2)14-21(20)30-23/h8-9,14,17-18H,3-7,10-13,15-16H2,1-2H3,(H,24,28)/t17-,18-/m1/s1. The van der Waals surface area contributed by atoms with Gasteiger partial charge < -0.3 is 19.9 Å². The number of nitrogens with zero attached hydrogens (tertiary/aromatic N) is 3. The number of hydrogen-bond donors (Lipinski definition) is 1. The van der Waals surface area contributed by atoms with E-state index < -0.39 is 0 Å². The third kappa shape index (κ3) is 5.24. The minimum absolute atomic E-state index is 0.0512. The molecule has 2 atom stereocenters. The summed E-state index contributed by atoms with van der Waals surface area (Å²) in [6, 6.07) is 5.99. The fourth-order valence-electron chi connectivity index (χ4n) is 4.67. The highest BCUT2D eigenvalue weighted by Gasteiger charge is 2.27. The van der Waals surface area contributed by atoms with Gasteiger partial charge in [-0.1, -0.05) is 18.3 Å². The first-order valence-corrected chi connectivity index (χ1v) is 12.1. The van der Waals surface area contributed by atoms with Gasteiger partial charge in [0.25, 0.3) is 0 Å². The number of ether oxygens (including phenoxy) is 1. The molecule has 1 N–H and O–H groups in total. The minimum Gasteiger partial charge on any atom is -0.497 e. The quantitative estimate of drug-likeness (QED) is 0.678. The number of fused-ring (bicyclic) bond motifs is 1. The lowest BCUT2D eigenvalue weighted by atomic mass is 9.97. The molecule has 164 valence electrons. The molecule has 0 radical (unpaired) electrons. The van der Waals surface area contributed by atoms with Crippen LogP contribution in [-0.2, 0) is 4.79 Å². The lowest BCUT2D eigenvalue weighted by Gasteiger charge is -2.32. The molecule has 6 nitrogen and oxygen atoms in total. The fourth-order valence-corrected chi connectivity index (χ4v) is 5.70. The van der Waals surface area contributed by atoms with Crippen molar-refractivity contribution in [2.24, 2.45) is 11.8 Å². The Labute approximate surface area is 183 Å². The van der Waals surface area contributed by atoms with Crippen molar-refractivity contribution >= 4 is 32.6 Å². The summed E-state index contributed by atoms with van der Waals surface area (Å²) in [5.41, 5.74) is 0.995. The van der Waals surface area contributed by atoms with Gasteiger partial charge in [-0.25, -0.2) is 4.98 Å². The number of thiazole rings is 1. The maximum Gasteiger partial charge on any atom is 0.224 e. The Hall–Kier alpha value is -1.86. The van der Waals surface area contributed by atoms with E-state index in [0.717, 1.165) is 72.5 Å². The predicted octanol–water partition coefficient (Wildman–Crippen LogP) is 3.76. The second-order valence-electron chi connectivity index (χ2n) is 8.81. The summed E-state index contributed by atoms with van der Waals surface area (Å²) in [4.78, 5) is 22.4. The smallest absolute Gasteiger partial charge is 0.224 e. The molecule has 1 aromatic heterocycles. The van der Waals surface area contributed by atoms with Crippen LogP contribution in [0.5, 0.6) is 5.75 Å². The van der Waals surface area contributed by atoms with E-state index in [1.54, 1.807) is 18.4 Å². The SMILES string of the molecule is COc1ccc2nc(N3CCC[C@@H](C(=O)NCCCN4CCC[C@@H](C)C4)C3)sc2c1. The highest BCUT2D eigenvalue weighted by molar-refractivity contribution is 7.22. The normalized spacial score (nSPS) is 22.9. The van der Waals surface area contributed by atoms with Gasteiger partial charge >= 0.3 is 0 Å². The van der Waals surface area contributed by atoms with Crippen LogP contribution in [0.2, 0.25) is 0 Å². The van der Waals surface area contributed by atoms with Crippen LogP contribution in [0.25, 0.3) is 10.2 Å². The molecule has 7 heteroatoms. The summed E-state index contributed by atoms with van der Waals surface area (Å²) in [6.45, 7) is 8.35. The van der Waals surface area contributed by atoms with Gasteiger partial charge in [-0.05, 0) is 69.3 Å². The summed E-state index contributed by atoms with van der Waals surface area (Å²) in [5, 5.41) is 4.20. The first-order valence-electron chi connectivity index (χ1n) is 11.3. The largest absolute Gasteiger partial charge is 0.497 e. The summed E-state index contributed by atoms with van der Waals surface area (Å²) >= 11 is 1.68. The highest BCUT2D eigenvalue weighted by atomic mass is 32.1. The molecule has 0 saturated carbocycles. The number of carbonyl (C=O) groups excluding carboxylic acids is 1. The zero-order valence-electron chi connectivity index (χ0n) is 18.2. The van der Waals surface area contributed by atoms with Crippen molar-refractivity contribution in [2.75, 3.05) is 51.3 Å². The van der Waals surface area contributed by atoms with Crippen LogP contribution >= 0.6 is 11.3 Å². The fraction of sp³-hybridized carbons (Fsp3) is 0.652. The molecule has 2 fully saturated rings. The van der Waals surface area contributed by atoms with E-state index in [4.69, 9.17) is 9.72 Å². The summed E-state index contributed by atoms with van der Waals surface area (Å²) in [6.07, 6.45) is 5.69. The topological polar surface area (TPSA) is 57.7 Å². The Bertz CT molecular complexity index is 855. The zero-order valence-corrected chi connectivity index (χ0v) is 19.0. The number of likely N-dealkylation sites (tertiary alicyclic amines) is 1. The van der Waals surface area contributed by atoms with E-state index in [2.05, 4.69) is 22.0 Å². The molecule has 4 rings (SSSR count). The number of anilines is 1. The van der Waals surface area contributed by atoms with Crippen molar-refractivity contribution in [3.63, 3.8) is 0 Å². The molecule has 2 aromatic rings. The number of hydrogen-bond acceptors (Lipinski definition) is 6. The van der Waals surface area contributed by atoms with Gasteiger partial charge in [0.1, 0.15) is 5.75 Å². The molecular formula is C23H34N4O2S. The number of amides is 1. The average molecular weight is 431 g/mol. The molecule has 30 heavy (non-hydrogen) atoms. The van der Waals surface area contributed by atoms with Gasteiger partial charge in [-0.3, -0.25) is 4.79 Å². The number of carbonyl (C=O) groups is 1. The van der Waals surface area contributed by atoms with Crippen LogP contribution in [-0.4, -0.2) is 62.2 Å². The number of rotatable bonds is 7. The average Bonchev–Trinajstić information content (AvgIpc) is 3.20. The predicted molar refractivity (Wildman–Crippen MR) is 124 cm³/mol. The summed E-state index contributed by atoms with van der Waals surface area (Å²) in [7, 11) is 1.68. The number of methoxy groups -OCH3 is 1. The third-order valence-electron chi connectivity index (χ3n) is 6.34. The molecule has 2 saturated heterocycles. The number of benzene rings is 1. The minimum atomic E-state index is 0.0512. The zero-order chi connectivity index (χ0) is 20.9. The van der Waals surface area contributed by atoms with E-state index in [1.165, 1.54) is 25.9 Å². The molecule has 0 aliphatic carbocycles. The molecule has 0 unspecified atom stereocenters. The lowest BCUT2D eigenvalue weighted by Crippen LogP contribution is -2.43. The second kappa shape index (κ2) is 9.96. The summed E-state index contributed by atoms with van der Waals surface area (Å²) in [5.74, 6) is 1.92. The highest BCUT2D eigenvalue weighted by Crippen LogP contribution is 2.33. The molecular weight excluding hydrogens is 396 g/mol. The van der Waals surface area contributed by atoms with E-state index >= 15 is 0 Å². The van der Waals surface area contributed by atoms with Crippen molar-refractivity contribution in [3.8, 4) is 5.75 Å². The maximum atomic E-state index is 12.7. The molecule has 3 heterocycles. The number of aromatic nitrogens is 1. The van der Waals surface area contributed by atoms with E-state index in [0.29, 0.717) is 0 Å². The Morgan fingerprint density at radius 1 is 1.27 bits per heavy atom. The van der Waals surface area contributed by atoms with Crippen LogP contribution in [0.15, 0.2) is 18.2 Å². The first-order chi connectivity index (χ1) is 14.6. The van der Waals surface area contributed by atoms with Crippen molar-refractivity contribution < 1.29 is 9.53 Å². The van der Waals surface area contributed by atoms with Crippen LogP contribution in [0.1, 0.15) is 39.0 Å². The van der Waals surface area contributed by atoms with Gasteiger partial charge in [-0.2, -0.15) is 0 Å². The van der Waals surface area contributed by atoms with Gasteiger partial charge in [-0.15, -0.1) is 0 Å². The Kier molecular flexibility index (Phi) is 7.10. The van der Waals surface area contributed by atoms with E-state index in [-0.39, 0.29) is 11.8 Å². The van der Waals surface area contributed by atoms with Crippen molar-refractivity contribution in [1.29, 1.82) is 0 Å². The van der Waals surface area contributed by atoms with Gasteiger partial charge in [0, 0.05) is 26.2 Å². The van der Waals surface area contributed by atoms with Gasteiger partial charge in [0.05, 0.1) is 23.2 Å². The Morgan fingerprint density at radius 2 is 2.13 bits per heavy atom. The van der Waals surface area contributed by atoms with Gasteiger partial charge in [0.2, 0.25) is 5.91 Å². The molecule has 0 spiro atoms. The van der Waals surface area contributed by atoms with Crippen LogP contribution in [0.4, 0.5) is 5.13 Å². The van der Waals surface area contributed by atoms with Crippen molar-refractivity contribution in [2.45, 2.75) is 39.0 Å². The second-order valence-corrected chi connectivity index (χ2v) is 9.82. The molecule has 2 aliphatic heterocycles. The monoisotopic (exact) mass is 430 g/mol. The van der Waals surface area contributed by atoms with Crippen LogP contribution in [0, 0.1) is 11.8 Å². The first kappa shape index (κ1) is 21.4. The van der Waals surface area contributed by atoms with E-state index in [9.17, 15) is 4.79 Å². The number of nitrogens with one attached hydrogen (secondary N) is 1. The van der Waals surface area contributed by atoms with Crippen molar-refractivity contribution in [3.05, 3.63) is 18.2 Å². The Morgan fingerprint density at radius 3 is 2.97 bits per heavy atom. The van der Waals surface area contributed by atoms with Crippen molar-refractivity contribution in [1.82, 2.24) is 15.2 Å². The van der Waals surface area contributed by atoms with E-state index in [1.807, 2.05) is 18.2 Å². The molecule has 1 amide bonds. The maximum absolute atomic E-state index is 12.7. The molecule has 0 bridgehead atoms. The van der Waals surface area contributed by atoms with Crippen LogP contribution in [0.3, 0.4) is 0 Å². The lowest BCUT2D eigenvalue weighted by molar-refractivity contribution is -0.125. The summed E-state index contributed by atoms with van der Waals surface area (Å²) < 4.78 is 6.45. The van der Waals surface area contributed by atoms with Gasteiger partial charge in [0.15, 0.2) is 5.13 Å². The molecule has 2 aliphatic rings.